The van der Waals surface area contributed by atoms with Crippen molar-refractivity contribution in [2.75, 3.05) is 0 Å². The lowest BCUT2D eigenvalue weighted by atomic mass is 10.1. The van der Waals surface area contributed by atoms with Gasteiger partial charge >= 0.3 is 0 Å². The molecule has 76 valence electrons. The number of hydrogen-bond acceptors (Lipinski definition) is 3. The predicted octanol–water partition coefficient (Wildman–Crippen LogP) is 1.58. The third-order valence-electron chi connectivity index (χ3n) is 2.10. The lowest BCUT2D eigenvalue weighted by Gasteiger charge is -2.05. The van der Waals surface area contributed by atoms with E-state index in [-0.39, 0.29) is 5.49 Å². The van der Waals surface area contributed by atoms with Crippen molar-refractivity contribution in [2.24, 2.45) is 0 Å². The van der Waals surface area contributed by atoms with E-state index in [1.54, 1.807) is 6.92 Å². The molecular weight excluding hydrogens is 190 g/mol. The number of rotatable bonds is 1. The summed E-state index contributed by atoms with van der Waals surface area (Å²) in [6.45, 7) is 1.78. The van der Waals surface area contributed by atoms with E-state index in [0.29, 0.717) is 11.4 Å². The van der Waals surface area contributed by atoms with E-state index in [1.807, 2.05) is 30.3 Å². The van der Waals surface area contributed by atoms with Crippen LogP contribution in [0.1, 0.15) is 5.69 Å². The van der Waals surface area contributed by atoms with Crippen LogP contribution >= 0.6 is 0 Å². The summed E-state index contributed by atoms with van der Waals surface area (Å²) in [5.74, 6) is 0. The van der Waals surface area contributed by atoms with E-state index in [2.05, 4.69) is 4.98 Å². The van der Waals surface area contributed by atoms with Gasteiger partial charge in [-0.3, -0.25) is 5.41 Å². The molecule has 2 N–H and O–H groups in total. The quantitative estimate of drug-likeness (QED) is 0.688. The molecule has 0 aliphatic rings. The van der Waals surface area contributed by atoms with Crippen LogP contribution in [-0.4, -0.2) is 14.9 Å². The maximum Gasteiger partial charge on any atom is 0.187 e. The lowest BCUT2D eigenvalue weighted by Crippen LogP contribution is -2.21. The summed E-state index contributed by atoms with van der Waals surface area (Å²) in [5, 5.41) is 17.1. The van der Waals surface area contributed by atoms with Gasteiger partial charge in [0.25, 0.3) is 0 Å². The molecular formula is C11H11N3O. The third kappa shape index (κ3) is 1.74. The topological polar surface area (TPSA) is 61.9 Å². The molecule has 0 unspecified atom stereocenters. The van der Waals surface area contributed by atoms with Gasteiger partial charge in [0, 0.05) is 5.56 Å². The zero-order chi connectivity index (χ0) is 10.8. The van der Waals surface area contributed by atoms with E-state index >= 15 is 0 Å². The van der Waals surface area contributed by atoms with E-state index in [4.69, 9.17) is 5.41 Å². The number of aromatic nitrogens is 2. The molecule has 1 aromatic heterocycles. The summed E-state index contributed by atoms with van der Waals surface area (Å²) >= 11 is 0. The Kier molecular flexibility index (Phi) is 2.25. The Balaban J connectivity index is 2.69. The minimum Gasteiger partial charge on any atom is -0.427 e. The van der Waals surface area contributed by atoms with E-state index < -0.39 is 0 Å². The fourth-order valence-corrected chi connectivity index (χ4v) is 1.41. The minimum absolute atomic E-state index is 0.00759. The van der Waals surface area contributed by atoms with Crippen molar-refractivity contribution in [2.45, 2.75) is 6.92 Å². The van der Waals surface area contributed by atoms with Crippen LogP contribution in [0.2, 0.25) is 0 Å². The summed E-state index contributed by atoms with van der Waals surface area (Å²) in [7, 11) is 0. The van der Waals surface area contributed by atoms with Crippen LogP contribution < -0.4 is 5.49 Å². The van der Waals surface area contributed by atoms with Crippen LogP contribution in [0.15, 0.2) is 36.5 Å². The summed E-state index contributed by atoms with van der Waals surface area (Å²) in [6, 6.07) is 9.37. The van der Waals surface area contributed by atoms with Crippen molar-refractivity contribution in [3.8, 4) is 11.3 Å². The van der Waals surface area contributed by atoms with Crippen molar-refractivity contribution in [1.29, 1.82) is 5.41 Å². The van der Waals surface area contributed by atoms with Gasteiger partial charge in [0.2, 0.25) is 0 Å². The second kappa shape index (κ2) is 3.57. The lowest BCUT2D eigenvalue weighted by molar-refractivity contribution is 0.169. The molecule has 0 aliphatic carbocycles. The fourth-order valence-electron chi connectivity index (χ4n) is 1.41. The normalized spacial score (nSPS) is 10.2. The molecule has 0 spiro atoms. The van der Waals surface area contributed by atoms with E-state index in [0.717, 1.165) is 10.3 Å². The monoisotopic (exact) mass is 201 g/mol. The molecule has 1 heterocycles. The Morgan fingerprint density at radius 2 is 1.93 bits per heavy atom. The molecule has 0 fully saturated rings. The van der Waals surface area contributed by atoms with E-state index in [1.165, 1.54) is 6.20 Å². The minimum atomic E-state index is -0.00759. The number of benzene rings is 1. The predicted molar refractivity (Wildman–Crippen MR) is 55.4 cm³/mol. The summed E-state index contributed by atoms with van der Waals surface area (Å²) in [4.78, 5) is 4.24. The van der Waals surface area contributed by atoms with Gasteiger partial charge in [-0.1, -0.05) is 30.3 Å². The third-order valence-corrected chi connectivity index (χ3v) is 2.10. The van der Waals surface area contributed by atoms with Crippen molar-refractivity contribution < 1.29 is 5.21 Å². The molecule has 15 heavy (non-hydrogen) atoms. The van der Waals surface area contributed by atoms with Crippen molar-refractivity contribution >= 4 is 0 Å². The summed E-state index contributed by atoms with van der Waals surface area (Å²) in [5.41, 5.74) is 1.98. The number of hydrogen-bond donors (Lipinski definition) is 2. The first-order valence-corrected chi connectivity index (χ1v) is 4.58. The molecule has 4 heteroatoms. The Morgan fingerprint density at radius 1 is 1.27 bits per heavy atom. The van der Waals surface area contributed by atoms with Gasteiger partial charge in [-0.05, 0) is 6.92 Å². The summed E-state index contributed by atoms with van der Waals surface area (Å²) < 4.78 is 0.782. The molecule has 0 aliphatic heterocycles. The largest absolute Gasteiger partial charge is 0.427 e. The van der Waals surface area contributed by atoms with Crippen LogP contribution in [0.25, 0.3) is 11.3 Å². The highest BCUT2D eigenvalue weighted by molar-refractivity contribution is 5.57. The molecule has 0 amide bonds. The molecule has 0 saturated heterocycles. The standard InChI is InChI=1S/C11H11N3O/c1-8-7-14(15)11(12)10(13-8)9-5-3-2-4-6-9/h2-7,12,15H,1H3. The molecule has 4 nitrogen and oxygen atoms in total. The van der Waals surface area contributed by atoms with Crippen LogP contribution in [0.5, 0.6) is 0 Å². The first kappa shape index (κ1) is 9.45. The van der Waals surface area contributed by atoms with Crippen LogP contribution in [0.3, 0.4) is 0 Å². The smallest absolute Gasteiger partial charge is 0.187 e. The van der Waals surface area contributed by atoms with Crippen LogP contribution in [-0.2, 0) is 0 Å². The highest BCUT2D eigenvalue weighted by atomic mass is 16.5. The van der Waals surface area contributed by atoms with Crippen LogP contribution in [0.4, 0.5) is 0 Å². The molecule has 0 radical (unpaired) electrons. The van der Waals surface area contributed by atoms with Gasteiger partial charge in [0.1, 0.15) is 5.69 Å². The number of nitrogens with one attached hydrogen (secondary N) is 1. The first-order chi connectivity index (χ1) is 7.18. The molecule has 0 atom stereocenters. The second-order valence-corrected chi connectivity index (χ2v) is 3.29. The SMILES string of the molecule is Cc1cn(O)c(=N)c(-c2ccccc2)n1. The molecule has 2 rings (SSSR count). The fraction of sp³-hybridized carbons (Fsp3) is 0.0909. The molecule has 1 aromatic carbocycles. The molecule has 2 aromatic rings. The zero-order valence-corrected chi connectivity index (χ0v) is 8.31. The Bertz CT molecular complexity index is 531. The van der Waals surface area contributed by atoms with Gasteiger partial charge in [-0.2, -0.15) is 4.73 Å². The Hall–Kier alpha value is -2.10. The summed E-state index contributed by atoms with van der Waals surface area (Å²) in [6.07, 6.45) is 1.41. The van der Waals surface area contributed by atoms with Gasteiger partial charge in [0.15, 0.2) is 5.49 Å². The zero-order valence-electron chi connectivity index (χ0n) is 8.31. The average Bonchev–Trinajstić information content (AvgIpc) is 2.24. The molecule has 0 saturated carbocycles. The Morgan fingerprint density at radius 3 is 2.60 bits per heavy atom. The number of aryl methyl sites for hydroxylation is 1. The van der Waals surface area contributed by atoms with Gasteiger partial charge in [0.05, 0.1) is 11.9 Å². The van der Waals surface area contributed by atoms with Crippen molar-refractivity contribution in [1.82, 2.24) is 9.71 Å². The number of nitrogens with zero attached hydrogens (tertiary/aromatic N) is 2. The average molecular weight is 201 g/mol. The van der Waals surface area contributed by atoms with Gasteiger partial charge < -0.3 is 5.21 Å². The van der Waals surface area contributed by atoms with Crippen molar-refractivity contribution in [3.05, 3.63) is 47.7 Å². The van der Waals surface area contributed by atoms with E-state index in [9.17, 15) is 5.21 Å². The second-order valence-electron chi connectivity index (χ2n) is 3.29. The van der Waals surface area contributed by atoms with Crippen molar-refractivity contribution in [3.63, 3.8) is 0 Å². The van der Waals surface area contributed by atoms with Gasteiger partial charge in [-0.25, -0.2) is 4.98 Å². The maximum absolute atomic E-state index is 9.43. The molecule has 0 bridgehead atoms. The first-order valence-electron chi connectivity index (χ1n) is 4.58. The van der Waals surface area contributed by atoms with Gasteiger partial charge in [-0.15, -0.1) is 0 Å². The highest BCUT2D eigenvalue weighted by Gasteiger charge is 2.04. The van der Waals surface area contributed by atoms with Crippen LogP contribution in [0, 0.1) is 12.3 Å². The highest BCUT2D eigenvalue weighted by Crippen LogP contribution is 2.11. The Labute approximate surface area is 86.9 Å². The maximum atomic E-state index is 9.43.